The van der Waals surface area contributed by atoms with Crippen molar-refractivity contribution in [3.63, 3.8) is 0 Å². The van der Waals surface area contributed by atoms with Crippen LogP contribution in [0.1, 0.15) is 213 Å². The van der Waals surface area contributed by atoms with Gasteiger partial charge in [0.05, 0.1) is 13.2 Å². The molecule has 12 heteroatoms. The molecule has 0 aliphatic heterocycles. The molecule has 0 saturated heterocycles. The highest BCUT2D eigenvalue weighted by molar-refractivity contribution is 7.47. The molecule has 3 atom stereocenters. The van der Waals surface area contributed by atoms with E-state index in [0.29, 0.717) is 12.8 Å². The van der Waals surface area contributed by atoms with Crippen molar-refractivity contribution in [3.8, 4) is 0 Å². The van der Waals surface area contributed by atoms with Crippen LogP contribution in [0.3, 0.4) is 0 Å². The fraction of sp³-hybridized carbons (Fsp3) is 0.844. The lowest BCUT2D eigenvalue weighted by molar-refractivity contribution is -0.161. The fourth-order valence-corrected chi connectivity index (χ4v) is 7.07. The number of aliphatic carboxylic acids is 1. The van der Waals surface area contributed by atoms with E-state index in [1.807, 2.05) is 0 Å². The average Bonchev–Trinajstić information content (AvgIpc) is 3.19. The van der Waals surface area contributed by atoms with Crippen molar-refractivity contribution in [2.24, 2.45) is 5.73 Å². The highest BCUT2D eigenvalue weighted by atomic mass is 31.2. The topological polar surface area (TPSA) is 172 Å². The molecule has 0 fully saturated rings. The zero-order valence-electron chi connectivity index (χ0n) is 36.2. The molecular formula is C45H84NO10P. The van der Waals surface area contributed by atoms with Crippen LogP contribution < -0.4 is 5.73 Å². The number of carboxylic acids is 1. The van der Waals surface area contributed by atoms with Gasteiger partial charge in [-0.1, -0.05) is 160 Å². The van der Waals surface area contributed by atoms with E-state index >= 15 is 0 Å². The molecule has 0 spiro atoms. The monoisotopic (exact) mass is 830 g/mol. The molecule has 11 nitrogen and oxygen atoms in total. The molecule has 0 rings (SSSR count). The van der Waals surface area contributed by atoms with Gasteiger partial charge in [0, 0.05) is 12.8 Å². The summed E-state index contributed by atoms with van der Waals surface area (Å²) in [6.07, 6.45) is 42.4. The van der Waals surface area contributed by atoms with Crippen molar-refractivity contribution in [3.05, 3.63) is 24.3 Å². The predicted molar refractivity (Wildman–Crippen MR) is 231 cm³/mol. The number of phosphoric ester groups is 1. The van der Waals surface area contributed by atoms with E-state index in [1.54, 1.807) is 0 Å². The van der Waals surface area contributed by atoms with Crippen LogP contribution in [0.5, 0.6) is 0 Å². The van der Waals surface area contributed by atoms with E-state index in [9.17, 15) is 23.8 Å². The second-order valence-corrected chi connectivity index (χ2v) is 17.0. The predicted octanol–water partition coefficient (Wildman–Crippen LogP) is 12.2. The lowest BCUT2D eigenvalue weighted by atomic mass is 10.1. The fourth-order valence-electron chi connectivity index (χ4n) is 6.29. The SMILES string of the molecule is CCCCCCC/C=C\CCCCCCCC(=O)OCC(COP(=O)(O)OCC(N)C(=O)O)OC(=O)CCCCCCCCCCC/C=C\CCCCCCCC. The summed E-state index contributed by atoms with van der Waals surface area (Å²) in [5.41, 5.74) is 5.34. The van der Waals surface area contributed by atoms with Crippen LogP contribution in [-0.4, -0.2) is 59.9 Å². The van der Waals surface area contributed by atoms with E-state index in [0.717, 1.165) is 57.8 Å². The summed E-state index contributed by atoms with van der Waals surface area (Å²) < 4.78 is 32.7. The number of allylic oxidation sites excluding steroid dienone is 4. The number of carbonyl (C=O) groups is 3. The Morgan fingerprint density at radius 3 is 1.28 bits per heavy atom. The van der Waals surface area contributed by atoms with E-state index in [4.69, 9.17) is 24.8 Å². The van der Waals surface area contributed by atoms with Crippen LogP contribution in [0, 0.1) is 0 Å². The largest absolute Gasteiger partial charge is 0.480 e. The Hall–Kier alpha value is -2.04. The van der Waals surface area contributed by atoms with Crippen molar-refractivity contribution in [1.82, 2.24) is 0 Å². The third-order valence-corrected chi connectivity index (χ3v) is 10.9. The molecular weight excluding hydrogens is 745 g/mol. The summed E-state index contributed by atoms with van der Waals surface area (Å²) in [4.78, 5) is 46.0. The number of hydrogen-bond donors (Lipinski definition) is 3. The second kappa shape index (κ2) is 40.7. The first kappa shape index (κ1) is 55.0. The number of carboxylic acid groups (broad SMARTS) is 1. The van der Waals surface area contributed by atoms with Crippen molar-refractivity contribution in [2.75, 3.05) is 19.8 Å². The van der Waals surface area contributed by atoms with Gasteiger partial charge in [-0.2, -0.15) is 0 Å². The summed E-state index contributed by atoms with van der Waals surface area (Å²) in [6, 6.07) is -1.52. The van der Waals surface area contributed by atoms with Gasteiger partial charge in [0.25, 0.3) is 0 Å². The van der Waals surface area contributed by atoms with Crippen LogP contribution in [0.25, 0.3) is 0 Å². The Balaban J connectivity index is 4.32. The van der Waals surface area contributed by atoms with Crippen molar-refractivity contribution in [1.29, 1.82) is 0 Å². The van der Waals surface area contributed by atoms with Gasteiger partial charge < -0.3 is 25.2 Å². The van der Waals surface area contributed by atoms with E-state index in [1.165, 1.54) is 116 Å². The molecule has 0 aromatic rings. The van der Waals surface area contributed by atoms with Crippen molar-refractivity contribution < 1.29 is 47.5 Å². The molecule has 334 valence electrons. The molecule has 0 aliphatic carbocycles. The summed E-state index contributed by atoms with van der Waals surface area (Å²) in [5.74, 6) is -2.38. The average molecular weight is 830 g/mol. The van der Waals surface area contributed by atoms with Gasteiger partial charge in [-0.05, 0) is 64.2 Å². The molecule has 0 heterocycles. The Kier molecular flexibility index (Phi) is 39.3. The minimum Gasteiger partial charge on any atom is -0.480 e. The van der Waals surface area contributed by atoms with Gasteiger partial charge in [0.1, 0.15) is 12.6 Å². The quantitative estimate of drug-likeness (QED) is 0.0231. The molecule has 0 bridgehead atoms. The second-order valence-electron chi connectivity index (χ2n) is 15.5. The number of phosphoric acid groups is 1. The van der Waals surface area contributed by atoms with Crippen molar-refractivity contribution >= 4 is 25.7 Å². The summed E-state index contributed by atoms with van der Waals surface area (Å²) in [7, 11) is -4.72. The zero-order valence-corrected chi connectivity index (χ0v) is 37.1. The summed E-state index contributed by atoms with van der Waals surface area (Å²) in [5, 5.41) is 8.89. The normalized spacial score (nSPS) is 13.9. The molecule has 0 radical (unpaired) electrons. The molecule has 3 unspecified atom stereocenters. The van der Waals surface area contributed by atoms with Gasteiger partial charge in [0.15, 0.2) is 6.10 Å². The minimum atomic E-state index is -4.72. The number of ether oxygens (including phenoxy) is 2. The van der Waals surface area contributed by atoms with Gasteiger partial charge in [-0.25, -0.2) is 4.57 Å². The third kappa shape index (κ3) is 40.5. The van der Waals surface area contributed by atoms with Crippen LogP contribution >= 0.6 is 7.82 Å². The standard InChI is InChI=1S/C45H84NO10P/c1-3-5-7-9-11-13-15-17-19-20-21-22-23-25-27-29-31-33-35-37-44(48)56-41(39-54-57(51,52)55-40-42(46)45(49)50)38-53-43(47)36-34-32-30-28-26-24-18-16-14-12-10-8-6-4-2/h16-19,41-42H,3-15,20-40,46H2,1-2H3,(H,49,50)(H,51,52)/b18-16-,19-17-. The maximum absolute atomic E-state index is 12.6. The van der Waals surface area contributed by atoms with Crippen LogP contribution in [0.15, 0.2) is 24.3 Å². The van der Waals surface area contributed by atoms with Gasteiger partial charge in [-0.15, -0.1) is 0 Å². The molecule has 0 amide bonds. The maximum atomic E-state index is 12.6. The lowest BCUT2D eigenvalue weighted by Gasteiger charge is -2.20. The Morgan fingerprint density at radius 1 is 0.526 bits per heavy atom. The van der Waals surface area contributed by atoms with Gasteiger partial charge in [-0.3, -0.25) is 23.4 Å². The Labute approximate surface area is 347 Å². The molecule has 0 aromatic heterocycles. The number of carbonyl (C=O) groups excluding carboxylic acids is 2. The highest BCUT2D eigenvalue weighted by Gasteiger charge is 2.28. The molecule has 0 aromatic carbocycles. The zero-order chi connectivity index (χ0) is 42.1. The highest BCUT2D eigenvalue weighted by Crippen LogP contribution is 2.43. The Bertz CT molecular complexity index is 1070. The van der Waals surface area contributed by atoms with Crippen LogP contribution in [-0.2, 0) is 37.5 Å². The molecule has 4 N–H and O–H groups in total. The molecule has 57 heavy (non-hydrogen) atoms. The Morgan fingerprint density at radius 2 is 0.877 bits per heavy atom. The summed E-state index contributed by atoms with van der Waals surface area (Å²) in [6.45, 7) is 2.80. The first-order valence-electron chi connectivity index (χ1n) is 22.9. The number of rotatable bonds is 43. The number of nitrogens with two attached hydrogens (primary N) is 1. The first-order valence-corrected chi connectivity index (χ1v) is 24.4. The van der Waals surface area contributed by atoms with Gasteiger partial charge >= 0.3 is 25.7 Å². The number of unbranched alkanes of at least 4 members (excludes halogenated alkanes) is 25. The van der Waals surface area contributed by atoms with E-state index in [-0.39, 0.29) is 19.4 Å². The molecule has 0 aliphatic rings. The minimum absolute atomic E-state index is 0.159. The van der Waals surface area contributed by atoms with Crippen LogP contribution in [0.4, 0.5) is 0 Å². The third-order valence-electron chi connectivity index (χ3n) is 9.92. The smallest absolute Gasteiger partial charge is 0.472 e. The molecule has 0 saturated carbocycles. The maximum Gasteiger partial charge on any atom is 0.472 e. The van der Waals surface area contributed by atoms with Gasteiger partial charge in [0.2, 0.25) is 0 Å². The number of esters is 2. The lowest BCUT2D eigenvalue weighted by Crippen LogP contribution is -2.34. The first-order chi connectivity index (χ1) is 27.6. The van der Waals surface area contributed by atoms with Crippen molar-refractivity contribution in [2.45, 2.75) is 225 Å². The van der Waals surface area contributed by atoms with E-state index < -0.39 is 51.1 Å². The van der Waals surface area contributed by atoms with Crippen LogP contribution in [0.2, 0.25) is 0 Å². The summed E-state index contributed by atoms with van der Waals surface area (Å²) >= 11 is 0. The van der Waals surface area contributed by atoms with E-state index in [2.05, 4.69) is 42.7 Å². The number of hydrogen-bond acceptors (Lipinski definition) is 9.